The maximum Gasteiger partial charge on any atom is 0.323 e. The smallest absolute Gasteiger partial charge is 0.323 e. The van der Waals surface area contributed by atoms with Crippen LogP contribution in [0.4, 0.5) is 5.95 Å². The van der Waals surface area contributed by atoms with E-state index >= 15 is 0 Å². The Hall–Kier alpha value is -2.95. The van der Waals surface area contributed by atoms with Gasteiger partial charge in [-0.1, -0.05) is 34.1 Å². The number of rotatable bonds is 11. The molecule has 11 nitrogen and oxygen atoms in total. The van der Waals surface area contributed by atoms with E-state index in [0.717, 1.165) is 6.42 Å². The number of ether oxygens (including phenoxy) is 2. The van der Waals surface area contributed by atoms with E-state index in [2.05, 4.69) is 15.0 Å². The molecule has 2 rings (SSSR count). The minimum atomic E-state index is -0.708. The number of esters is 2. The van der Waals surface area contributed by atoms with E-state index < -0.39 is 17.6 Å². The van der Waals surface area contributed by atoms with Gasteiger partial charge in [0.25, 0.3) is 5.56 Å². The van der Waals surface area contributed by atoms with Crippen LogP contribution in [0.15, 0.2) is 11.1 Å². The fraction of sp³-hybridized carbons (Fsp3) is 0.650. The second kappa shape index (κ2) is 10.9. The highest BCUT2D eigenvalue weighted by Crippen LogP contribution is 2.14. The number of carbonyl (C=O) groups is 2. The van der Waals surface area contributed by atoms with Crippen molar-refractivity contribution in [3.05, 3.63) is 16.7 Å². The van der Waals surface area contributed by atoms with Crippen molar-refractivity contribution in [2.24, 2.45) is 23.5 Å². The van der Waals surface area contributed by atoms with E-state index in [0.29, 0.717) is 18.6 Å². The van der Waals surface area contributed by atoms with Gasteiger partial charge in [-0.05, 0) is 12.3 Å². The number of nitrogens with zero attached hydrogens (tertiary/aromatic N) is 3. The van der Waals surface area contributed by atoms with Gasteiger partial charge < -0.3 is 25.5 Å². The lowest BCUT2D eigenvalue weighted by molar-refractivity contribution is -0.152. The number of anilines is 1. The van der Waals surface area contributed by atoms with Crippen LogP contribution in [0.5, 0.6) is 0 Å². The molecule has 0 radical (unpaired) electrons. The Labute approximate surface area is 180 Å². The fourth-order valence-corrected chi connectivity index (χ4v) is 2.82. The van der Waals surface area contributed by atoms with Crippen LogP contribution in [0.1, 0.15) is 40.5 Å². The number of imidazole rings is 1. The molecule has 2 unspecified atom stereocenters. The first kappa shape index (κ1) is 24.3. The first-order valence-corrected chi connectivity index (χ1v) is 10.4. The zero-order chi connectivity index (χ0) is 23.1. The molecule has 11 heteroatoms. The van der Waals surface area contributed by atoms with Crippen LogP contribution < -0.4 is 17.0 Å². The van der Waals surface area contributed by atoms with Crippen LogP contribution in [-0.4, -0.2) is 50.7 Å². The van der Waals surface area contributed by atoms with E-state index in [-0.39, 0.29) is 48.4 Å². The third-order valence-electron chi connectivity index (χ3n) is 5.19. The largest absolute Gasteiger partial charge is 0.465 e. The summed E-state index contributed by atoms with van der Waals surface area (Å²) in [6.07, 6.45) is 2.74. The number of nitrogen functional groups attached to an aromatic ring is 1. The molecule has 2 aromatic heterocycles. The van der Waals surface area contributed by atoms with Crippen molar-refractivity contribution in [1.82, 2.24) is 19.5 Å². The van der Waals surface area contributed by atoms with Gasteiger partial charge in [0.05, 0.1) is 25.5 Å². The molecular weight excluding hydrogens is 404 g/mol. The highest BCUT2D eigenvalue weighted by molar-refractivity contribution is 5.75. The average molecular weight is 437 g/mol. The van der Waals surface area contributed by atoms with Crippen LogP contribution in [-0.2, 0) is 25.6 Å². The lowest BCUT2D eigenvalue weighted by Gasteiger charge is -2.21. The second-order valence-corrected chi connectivity index (χ2v) is 8.04. The molecular formula is C20H32N6O5. The van der Waals surface area contributed by atoms with Gasteiger partial charge in [-0.3, -0.25) is 19.4 Å². The van der Waals surface area contributed by atoms with Crippen LogP contribution in [0.25, 0.3) is 11.2 Å². The molecule has 3 atom stereocenters. The van der Waals surface area contributed by atoms with Gasteiger partial charge in [0.1, 0.15) is 6.04 Å². The normalized spacial score (nSPS) is 14.4. The summed E-state index contributed by atoms with van der Waals surface area (Å²) in [5.74, 6) is -1.36. The van der Waals surface area contributed by atoms with E-state index in [1.54, 1.807) is 18.4 Å². The summed E-state index contributed by atoms with van der Waals surface area (Å²) >= 11 is 0. The Morgan fingerprint density at radius 1 is 1.19 bits per heavy atom. The maximum absolute atomic E-state index is 12.2. The van der Waals surface area contributed by atoms with E-state index in [1.807, 2.05) is 13.8 Å². The molecule has 2 heterocycles. The Balaban J connectivity index is 2.07. The van der Waals surface area contributed by atoms with E-state index in [9.17, 15) is 14.4 Å². The van der Waals surface area contributed by atoms with Gasteiger partial charge in [0, 0.05) is 12.5 Å². The summed E-state index contributed by atoms with van der Waals surface area (Å²) in [5.41, 5.74) is 11.7. The Kier molecular flexibility index (Phi) is 8.55. The van der Waals surface area contributed by atoms with Crippen molar-refractivity contribution in [2.75, 3.05) is 18.9 Å². The van der Waals surface area contributed by atoms with Crippen molar-refractivity contribution < 1.29 is 19.1 Å². The third-order valence-corrected chi connectivity index (χ3v) is 5.19. The summed E-state index contributed by atoms with van der Waals surface area (Å²) in [5, 5.41) is 0. The molecule has 0 aliphatic heterocycles. The van der Waals surface area contributed by atoms with Crippen molar-refractivity contribution in [1.29, 1.82) is 0 Å². The molecule has 0 saturated carbocycles. The van der Waals surface area contributed by atoms with Crippen LogP contribution >= 0.6 is 0 Å². The number of hydrogen-bond donors (Lipinski definition) is 3. The van der Waals surface area contributed by atoms with Gasteiger partial charge in [0.2, 0.25) is 5.95 Å². The zero-order valence-corrected chi connectivity index (χ0v) is 18.5. The Morgan fingerprint density at radius 3 is 2.45 bits per heavy atom. The molecule has 0 aliphatic rings. The van der Waals surface area contributed by atoms with Crippen LogP contribution in [0.2, 0.25) is 0 Å². The summed E-state index contributed by atoms with van der Waals surface area (Å²) < 4.78 is 12.4. The highest BCUT2D eigenvalue weighted by atomic mass is 16.5. The minimum absolute atomic E-state index is 0.00310. The maximum atomic E-state index is 12.2. The number of nitrogens with one attached hydrogen (secondary N) is 1. The Morgan fingerprint density at radius 2 is 1.84 bits per heavy atom. The molecule has 5 N–H and O–H groups in total. The van der Waals surface area contributed by atoms with E-state index in [1.165, 1.54) is 6.33 Å². The SMILES string of the molecule is CCC(C)[C@H](N)C(=O)OCC(CCn1cnc2c(=O)[nH]c(N)nc21)COC(=O)C(C)C. The monoisotopic (exact) mass is 436 g/mol. The molecule has 0 spiro atoms. The number of aromatic nitrogens is 4. The first-order chi connectivity index (χ1) is 14.6. The molecule has 0 fully saturated rings. The summed E-state index contributed by atoms with van der Waals surface area (Å²) in [6, 6.07) is -0.708. The van der Waals surface area contributed by atoms with Gasteiger partial charge in [-0.25, -0.2) is 4.98 Å². The van der Waals surface area contributed by atoms with Gasteiger partial charge >= 0.3 is 11.9 Å². The molecule has 0 bridgehead atoms. The number of aryl methyl sites for hydroxylation is 1. The average Bonchev–Trinajstić information content (AvgIpc) is 3.14. The molecule has 0 saturated heterocycles. The number of hydrogen-bond acceptors (Lipinski definition) is 9. The van der Waals surface area contributed by atoms with Gasteiger partial charge in [-0.15, -0.1) is 0 Å². The predicted molar refractivity (Wildman–Crippen MR) is 115 cm³/mol. The quantitative estimate of drug-likeness (QED) is 0.432. The number of H-pyrrole nitrogens is 1. The zero-order valence-electron chi connectivity index (χ0n) is 18.5. The van der Waals surface area contributed by atoms with Crippen molar-refractivity contribution in [3.63, 3.8) is 0 Å². The predicted octanol–water partition coefficient (Wildman–Crippen LogP) is 0.824. The minimum Gasteiger partial charge on any atom is -0.465 e. The van der Waals surface area contributed by atoms with Crippen LogP contribution in [0, 0.1) is 17.8 Å². The van der Waals surface area contributed by atoms with Crippen molar-refractivity contribution in [3.8, 4) is 0 Å². The summed E-state index contributed by atoms with van der Waals surface area (Å²) in [6.45, 7) is 7.88. The summed E-state index contributed by atoms with van der Waals surface area (Å²) in [4.78, 5) is 46.7. The molecule has 0 amide bonds. The van der Waals surface area contributed by atoms with Gasteiger partial charge in [-0.2, -0.15) is 4.98 Å². The number of carbonyl (C=O) groups excluding carboxylic acids is 2. The third kappa shape index (κ3) is 6.51. The number of aromatic amines is 1. The van der Waals surface area contributed by atoms with Crippen LogP contribution in [0.3, 0.4) is 0 Å². The number of nitrogens with two attached hydrogens (primary N) is 2. The second-order valence-electron chi connectivity index (χ2n) is 8.04. The molecule has 172 valence electrons. The fourth-order valence-electron chi connectivity index (χ4n) is 2.82. The topological polar surface area (TPSA) is 168 Å². The highest BCUT2D eigenvalue weighted by Gasteiger charge is 2.23. The standard InChI is InChI=1S/C20H32N6O5/c1-5-12(4)14(21)19(29)31-9-13(8-30-18(28)11(2)3)6-7-26-10-23-15-16(26)24-20(22)25-17(15)27/h10-14H,5-9,21H2,1-4H3,(H3,22,24,25,27)/t12?,13?,14-/m0/s1. The Bertz CT molecular complexity index is 953. The lowest BCUT2D eigenvalue weighted by atomic mass is 10.0. The van der Waals surface area contributed by atoms with E-state index in [4.69, 9.17) is 20.9 Å². The van der Waals surface area contributed by atoms with Crippen molar-refractivity contribution in [2.45, 2.75) is 53.1 Å². The molecule has 2 aromatic rings. The van der Waals surface area contributed by atoms with Gasteiger partial charge in [0.15, 0.2) is 11.2 Å². The van der Waals surface area contributed by atoms with Crippen molar-refractivity contribution >= 4 is 29.1 Å². The molecule has 0 aliphatic carbocycles. The number of fused-ring (bicyclic) bond motifs is 1. The first-order valence-electron chi connectivity index (χ1n) is 10.4. The lowest BCUT2D eigenvalue weighted by Crippen LogP contribution is -2.39. The molecule has 31 heavy (non-hydrogen) atoms. The summed E-state index contributed by atoms with van der Waals surface area (Å²) in [7, 11) is 0. The molecule has 0 aromatic carbocycles.